The van der Waals surface area contributed by atoms with E-state index in [9.17, 15) is 17.6 Å². The van der Waals surface area contributed by atoms with E-state index < -0.39 is 15.9 Å². The molecule has 2 heterocycles. The first-order chi connectivity index (χ1) is 16.7. The largest absolute Gasteiger partial charge is 0.380 e. The predicted octanol–water partition coefficient (Wildman–Crippen LogP) is 3.81. The van der Waals surface area contributed by atoms with Crippen LogP contribution in [0.5, 0.6) is 0 Å². The molecule has 0 bridgehead atoms. The lowest BCUT2D eigenvalue weighted by molar-refractivity contribution is 0.100. The Balaban J connectivity index is 1.44. The van der Waals surface area contributed by atoms with E-state index in [4.69, 9.17) is 5.73 Å². The van der Waals surface area contributed by atoms with Gasteiger partial charge in [-0.1, -0.05) is 30.3 Å². The van der Waals surface area contributed by atoms with E-state index in [0.29, 0.717) is 36.1 Å². The molecule has 0 aliphatic carbocycles. The average Bonchev–Trinajstić information content (AvgIpc) is 2.83. The summed E-state index contributed by atoms with van der Waals surface area (Å²) in [5, 5.41) is 6.29. The number of nitrogens with one attached hydrogen (secondary N) is 2. The second-order valence-corrected chi connectivity index (χ2v) is 10.6. The molecular formula is C25H28FN5O3S. The average molecular weight is 498 g/mol. The molecule has 1 aromatic heterocycles. The van der Waals surface area contributed by atoms with E-state index >= 15 is 0 Å². The maximum atomic E-state index is 14.0. The molecule has 8 nitrogen and oxygen atoms in total. The Morgan fingerprint density at radius 2 is 1.83 bits per heavy atom. The summed E-state index contributed by atoms with van der Waals surface area (Å²) >= 11 is 0. The summed E-state index contributed by atoms with van der Waals surface area (Å²) < 4.78 is 38.9. The summed E-state index contributed by atoms with van der Waals surface area (Å²) in [5.74, 6) is -0.161. The number of aromatic nitrogens is 1. The molecule has 4 rings (SSSR count). The zero-order chi connectivity index (χ0) is 25.0. The van der Waals surface area contributed by atoms with Crippen molar-refractivity contribution in [2.24, 2.45) is 5.73 Å². The molecule has 0 radical (unpaired) electrons. The number of rotatable bonds is 8. The minimum Gasteiger partial charge on any atom is -0.380 e. The zero-order valence-electron chi connectivity index (χ0n) is 19.4. The third kappa shape index (κ3) is 6.14. The number of nitrogens with two attached hydrogens (primary N) is 1. The van der Waals surface area contributed by atoms with Gasteiger partial charge in [-0.25, -0.2) is 22.1 Å². The van der Waals surface area contributed by atoms with Crippen molar-refractivity contribution in [1.29, 1.82) is 0 Å². The van der Waals surface area contributed by atoms with E-state index in [-0.39, 0.29) is 17.9 Å². The van der Waals surface area contributed by atoms with Crippen LogP contribution in [0.1, 0.15) is 40.2 Å². The lowest BCUT2D eigenvalue weighted by Crippen LogP contribution is -2.37. The minimum absolute atomic E-state index is 0.184. The fourth-order valence-corrected chi connectivity index (χ4v) is 5.08. The summed E-state index contributed by atoms with van der Waals surface area (Å²) in [4.78, 5) is 16.1. The highest BCUT2D eigenvalue weighted by atomic mass is 32.2. The quantitative estimate of drug-likeness (QED) is 0.436. The molecule has 184 valence electrons. The van der Waals surface area contributed by atoms with Gasteiger partial charge in [0, 0.05) is 43.1 Å². The van der Waals surface area contributed by atoms with Crippen LogP contribution in [0.3, 0.4) is 0 Å². The van der Waals surface area contributed by atoms with Crippen molar-refractivity contribution >= 4 is 33.1 Å². The van der Waals surface area contributed by atoms with Crippen LogP contribution >= 0.6 is 0 Å². The van der Waals surface area contributed by atoms with Crippen molar-refractivity contribution < 1.29 is 17.6 Å². The molecule has 10 heteroatoms. The fraction of sp³-hybridized carbons (Fsp3) is 0.280. The number of carbonyl (C=O) groups excluding carboxylic acids is 1. The van der Waals surface area contributed by atoms with Gasteiger partial charge >= 0.3 is 0 Å². The molecule has 0 unspecified atom stereocenters. The molecule has 2 aromatic carbocycles. The SMILES string of the molecule is CS(=O)(=O)N1CCC(c2ccc(Nc3cc(NCc4ccccc4F)c(C(N)=O)cn3)cc2)CC1. The number of sulfonamides is 1. The maximum Gasteiger partial charge on any atom is 0.252 e. The van der Waals surface area contributed by atoms with Gasteiger partial charge < -0.3 is 16.4 Å². The number of pyridine rings is 1. The molecule has 35 heavy (non-hydrogen) atoms. The Bertz CT molecular complexity index is 1310. The Hall–Kier alpha value is -3.50. The zero-order valence-corrected chi connectivity index (χ0v) is 20.2. The number of carbonyl (C=O) groups is 1. The van der Waals surface area contributed by atoms with E-state index in [0.717, 1.165) is 24.1 Å². The maximum absolute atomic E-state index is 14.0. The van der Waals surface area contributed by atoms with Crippen molar-refractivity contribution in [3.05, 3.63) is 83.3 Å². The third-order valence-electron chi connectivity index (χ3n) is 6.17. The Morgan fingerprint density at radius 1 is 1.14 bits per heavy atom. The smallest absolute Gasteiger partial charge is 0.252 e. The molecule has 1 aliphatic heterocycles. The molecule has 0 saturated carbocycles. The van der Waals surface area contributed by atoms with E-state index in [1.54, 1.807) is 24.3 Å². The van der Waals surface area contributed by atoms with E-state index in [2.05, 4.69) is 15.6 Å². The number of hydrogen-bond acceptors (Lipinski definition) is 6. The van der Waals surface area contributed by atoms with Gasteiger partial charge in [-0.3, -0.25) is 4.79 Å². The molecule has 1 saturated heterocycles. The van der Waals surface area contributed by atoms with Crippen LogP contribution in [-0.4, -0.2) is 43.0 Å². The van der Waals surface area contributed by atoms with Gasteiger partial charge in [0.25, 0.3) is 5.91 Å². The third-order valence-corrected chi connectivity index (χ3v) is 7.48. The number of primary amides is 1. The van der Waals surface area contributed by atoms with Crippen molar-refractivity contribution in [3.63, 3.8) is 0 Å². The van der Waals surface area contributed by atoms with Gasteiger partial charge in [-0.15, -0.1) is 0 Å². The molecule has 4 N–H and O–H groups in total. The molecule has 1 fully saturated rings. The second kappa shape index (κ2) is 10.4. The van der Waals surface area contributed by atoms with Gasteiger partial charge in [-0.05, 0) is 42.5 Å². The molecule has 1 amide bonds. The van der Waals surface area contributed by atoms with Crippen LogP contribution in [0.4, 0.5) is 21.6 Å². The number of benzene rings is 2. The summed E-state index contributed by atoms with van der Waals surface area (Å²) in [7, 11) is -3.14. The van der Waals surface area contributed by atoms with Crippen LogP contribution in [-0.2, 0) is 16.6 Å². The number of hydrogen-bond donors (Lipinski definition) is 3. The highest BCUT2D eigenvalue weighted by Crippen LogP contribution is 2.30. The normalized spacial score (nSPS) is 15.0. The summed E-state index contributed by atoms with van der Waals surface area (Å²) in [5.41, 5.74) is 8.58. The van der Waals surface area contributed by atoms with Gasteiger partial charge in [0.2, 0.25) is 10.0 Å². The van der Waals surface area contributed by atoms with E-state index in [1.165, 1.54) is 22.8 Å². The topological polar surface area (TPSA) is 117 Å². The number of nitrogens with zero attached hydrogens (tertiary/aromatic N) is 2. The number of anilines is 3. The molecule has 0 atom stereocenters. The monoisotopic (exact) mass is 497 g/mol. The highest BCUT2D eigenvalue weighted by Gasteiger charge is 2.25. The van der Waals surface area contributed by atoms with Gasteiger partial charge in [0.15, 0.2) is 0 Å². The Labute approximate surface area is 204 Å². The Kier molecular flexibility index (Phi) is 7.32. The highest BCUT2D eigenvalue weighted by molar-refractivity contribution is 7.88. The first-order valence-corrected chi connectivity index (χ1v) is 13.1. The summed E-state index contributed by atoms with van der Waals surface area (Å²) in [6.45, 7) is 1.24. The van der Waals surface area contributed by atoms with Crippen LogP contribution in [0, 0.1) is 5.82 Å². The van der Waals surface area contributed by atoms with Crippen molar-refractivity contribution in [3.8, 4) is 0 Å². The van der Waals surface area contributed by atoms with Gasteiger partial charge in [0.05, 0.1) is 17.5 Å². The lowest BCUT2D eigenvalue weighted by Gasteiger charge is -2.30. The molecule has 1 aliphatic rings. The summed E-state index contributed by atoms with van der Waals surface area (Å²) in [6, 6.07) is 16.0. The van der Waals surface area contributed by atoms with Crippen molar-refractivity contribution in [2.75, 3.05) is 30.0 Å². The Morgan fingerprint density at radius 3 is 2.46 bits per heavy atom. The second-order valence-electron chi connectivity index (χ2n) is 8.61. The summed E-state index contributed by atoms with van der Waals surface area (Å²) in [6.07, 6.45) is 4.21. The van der Waals surface area contributed by atoms with Gasteiger partial charge in [-0.2, -0.15) is 0 Å². The van der Waals surface area contributed by atoms with Crippen LogP contribution in [0.15, 0.2) is 60.8 Å². The van der Waals surface area contributed by atoms with Crippen LogP contribution in [0.2, 0.25) is 0 Å². The molecule has 0 spiro atoms. The van der Waals surface area contributed by atoms with Crippen LogP contribution < -0.4 is 16.4 Å². The first-order valence-electron chi connectivity index (χ1n) is 11.3. The number of halogens is 1. The fourth-order valence-electron chi connectivity index (χ4n) is 4.21. The predicted molar refractivity (Wildman–Crippen MR) is 135 cm³/mol. The van der Waals surface area contributed by atoms with Crippen LogP contribution in [0.25, 0.3) is 0 Å². The van der Waals surface area contributed by atoms with E-state index in [1.807, 2.05) is 24.3 Å². The number of amides is 1. The molecule has 3 aromatic rings. The standard InChI is InChI=1S/C25H28FN5O3S/c1-35(33,34)31-12-10-18(11-13-31)17-6-8-20(9-7-17)30-24-14-23(21(16-29-24)25(27)32)28-15-19-4-2-3-5-22(19)26/h2-9,14,16,18H,10-13,15H2,1H3,(H2,27,32)(H2,28,29,30). The first kappa shape index (κ1) is 24.6. The number of piperidine rings is 1. The van der Waals surface area contributed by atoms with Crippen molar-refractivity contribution in [2.45, 2.75) is 25.3 Å². The molecular weight excluding hydrogens is 469 g/mol. The lowest BCUT2D eigenvalue weighted by atomic mass is 9.90. The minimum atomic E-state index is -3.14. The van der Waals surface area contributed by atoms with Crippen molar-refractivity contribution in [1.82, 2.24) is 9.29 Å². The van der Waals surface area contributed by atoms with Gasteiger partial charge in [0.1, 0.15) is 11.6 Å².